The van der Waals surface area contributed by atoms with Crippen molar-refractivity contribution < 1.29 is 29.3 Å². The minimum absolute atomic E-state index is 0.122. The van der Waals surface area contributed by atoms with Crippen LogP contribution in [0.5, 0.6) is 17.2 Å². The molecule has 0 spiro atoms. The predicted octanol–water partition coefficient (Wildman–Crippen LogP) is 4.76. The van der Waals surface area contributed by atoms with Gasteiger partial charge in [0.1, 0.15) is 17.2 Å². The van der Waals surface area contributed by atoms with E-state index in [2.05, 4.69) is 4.74 Å². The number of esters is 1. The Morgan fingerprint density at radius 2 is 1.58 bits per heavy atom. The summed E-state index contributed by atoms with van der Waals surface area (Å²) in [7, 11) is 1.28. The first-order chi connectivity index (χ1) is 15.0. The monoisotopic (exact) mass is 434 g/mol. The SMILES string of the molecule is COC(=O)COc1ccc(C(=O)c2c(-c3ccc(O)cc3)sc3cc(O)ccc23)cc1. The molecule has 0 atom stereocenters. The molecule has 4 rings (SSSR count). The van der Waals surface area contributed by atoms with Gasteiger partial charge in [-0.15, -0.1) is 11.3 Å². The number of methoxy groups -OCH3 is 1. The first-order valence-corrected chi connectivity index (χ1v) is 10.2. The average Bonchev–Trinajstić information content (AvgIpc) is 3.16. The molecule has 1 heterocycles. The van der Waals surface area contributed by atoms with Crippen molar-refractivity contribution in [3.8, 4) is 27.7 Å². The van der Waals surface area contributed by atoms with Crippen LogP contribution in [0.25, 0.3) is 20.5 Å². The van der Waals surface area contributed by atoms with E-state index < -0.39 is 5.97 Å². The molecule has 6 nitrogen and oxygen atoms in total. The highest BCUT2D eigenvalue weighted by Gasteiger charge is 2.22. The van der Waals surface area contributed by atoms with Crippen LogP contribution in [0, 0.1) is 0 Å². The largest absolute Gasteiger partial charge is 0.508 e. The number of fused-ring (bicyclic) bond motifs is 1. The van der Waals surface area contributed by atoms with E-state index in [1.807, 2.05) is 0 Å². The Morgan fingerprint density at radius 1 is 0.903 bits per heavy atom. The van der Waals surface area contributed by atoms with Gasteiger partial charge in [0, 0.05) is 26.1 Å². The zero-order valence-electron chi connectivity index (χ0n) is 16.5. The van der Waals surface area contributed by atoms with Gasteiger partial charge in [0.2, 0.25) is 0 Å². The van der Waals surface area contributed by atoms with Crippen LogP contribution < -0.4 is 4.74 Å². The summed E-state index contributed by atoms with van der Waals surface area (Å²) in [6.45, 7) is -0.215. The predicted molar refractivity (Wildman–Crippen MR) is 118 cm³/mol. The van der Waals surface area contributed by atoms with Crippen LogP contribution in [0.4, 0.5) is 0 Å². The number of carbonyl (C=O) groups excluding carboxylic acids is 2. The van der Waals surface area contributed by atoms with Crippen molar-refractivity contribution in [2.75, 3.05) is 13.7 Å². The quantitative estimate of drug-likeness (QED) is 0.336. The third kappa shape index (κ3) is 4.22. The molecule has 0 aliphatic carbocycles. The number of phenolic OH excluding ortho intramolecular Hbond substituents is 2. The van der Waals surface area contributed by atoms with Gasteiger partial charge >= 0.3 is 5.97 Å². The molecule has 0 radical (unpaired) electrons. The molecule has 3 aromatic carbocycles. The van der Waals surface area contributed by atoms with Gasteiger partial charge in [-0.3, -0.25) is 4.79 Å². The number of phenols is 2. The van der Waals surface area contributed by atoms with Gasteiger partial charge in [-0.1, -0.05) is 0 Å². The minimum Gasteiger partial charge on any atom is -0.508 e. The van der Waals surface area contributed by atoms with Crippen molar-refractivity contribution in [1.29, 1.82) is 0 Å². The third-order valence-electron chi connectivity index (χ3n) is 4.73. The lowest BCUT2D eigenvalue weighted by Gasteiger charge is -2.08. The number of rotatable bonds is 6. The Bertz CT molecular complexity index is 1260. The van der Waals surface area contributed by atoms with E-state index in [0.29, 0.717) is 16.9 Å². The highest BCUT2D eigenvalue weighted by molar-refractivity contribution is 7.22. The van der Waals surface area contributed by atoms with Gasteiger partial charge in [-0.05, 0) is 72.3 Å². The molecular weight excluding hydrogens is 416 g/mol. The number of ether oxygens (including phenoxy) is 2. The second-order valence-electron chi connectivity index (χ2n) is 6.75. The van der Waals surface area contributed by atoms with E-state index in [0.717, 1.165) is 20.5 Å². The summed E-state index contributed by atoms with van der Waals surface area (Å²) in [5.41, 5.74) is 1.77. The fourth-order valence-electron chi connectivity index (χ4n) is 3.17. The Hall–Kier alpha value is -3.84. The number of thiophene rings is 1. The van der Waals surface area contributed by atoms with E-state index in [4.69, 9.17) is 4.74 Å². The van der Waals surface area contributed by atoms with Crippen molar-refractivity contribution in [3.05, 3.63) is 77.9 Å². The summed E-state index contributed by atoms with van der Waals surface area (Å²) in [6.07, 6.45) is 0. The lowest BCUT2D eigenvalue weighted by Crippen LogP contribution is -2.12. The van der Waals surface area contributed by atoms with Gasteiger partial charge in [0.05, 0.1) is 7.11 Å². The molecule has 0 aliphatic heterocycles. The van der Waals surface area contributed by atoms with E-state index >= 15 is 0 Å². The van der Waals surface area contributed by atoms with Crippen LogP contribution in [0.2, 0.25) is 0 Å². The second kappa shape index (κ2) is 8.49. The average molecular weight is 434 g/mol. The van der Waals surface area contributed by atoms with E-state index in [1.165, 1.54) is 18.4 Å². The Balaban J connectivity index is 1.74. The molecule has 156 valence electrons. The summed E-state index contributed by atoms with van der Waals surface area (Å²) < 4.78 is 10.7. The maximum Gasteiger partial charge on any atom is 0.343 e. The van der Waals surface area contributed by atoms with Gasteiger partial charge in [0.15, 0.2) is 12.4 Å². The summed E-state index contributed by atoms with van der Waals surface area (Å²) in [4.78, 5) is 25.4. The van der Waals surface area contributed by atoms with Crippen molar-refractivity contribution >= 4 is 33.2 Å². The summed E-state index contributed by atoms with van der Waals surface area (Å²) in [6, 6.07) is 18.1. The molecule has 0 amide bonds. The molecule has 0 saturated heterocycles. The molecule has 2 N–H and O–H groups in total. The number of benzene rings is 3. The smallest absolute Gasteiger partial charge is 0.343 e. The van der Waals surface area contributed by atoms with Crippen molar-refractivity contribution in [2.24, 2.45) is 0 Å². The van der Waals surface area contributed by atoms with Crippen LogP contribution >= 0.6 is 11.3 Å². The fourth-order valence-corrected chi connectivity index (χ4v) is 4.41. The second-order valence-corrected chi connectivity index (χ2v) is 7.80. The molecule has 1 aromatic heterocycles. The number of carbonyl (C=O) groups is 2. The minimum atomic E-state index is -0.494. The van der Waals surface area contributed by atoms with Crippen LogP contribution in [0.1, 0.15) is 15.9 Å². The number of hydrogen-bond acceptors (Lipinski definition) is 7. The molecule has 0 aliphatic rings. The maximum absolute atomic E-state index is 13.5. The Labute approximate surface area is 181 Å². The molecule has 4 aromatic rings. The zero-order chi connectivity index (χ0) is 22.0. The van der Waals surface area contributed by atoms with E-state index in [-0.39, 0.29) is 23.9 Å². The highest BCUT2D eigenvalue weighted by atomic mass is 32.1. The van der Waals surface area contributed by atoms with Crippen molar-refractivity contribution in [1.82, 2.24) is 0 Å². The molecule has 31 heavy (non-hydrogen) atoms. The molecular formula is C24H18O6S. The van der Waals surface area contributed by atoms with Crippen LogP contribution in [-0.2, 0) is 9.53 Å². The summed E-state index contributed by atoms with van der Waals surface area (Å²) in [5, 5.41) is 20.2. The van der Waals surface area contributed by atoms with Crippen LogP contribution in [0.3, 0.4) is 0 Å². The van der Waals surface area contributed by atoms with Crippen LogP contribution in [-0.4, -0.2) is 35.7 Å². The highest BCUT2D eigenvalue weighted by Crippen LogP contribution is 2.41. The normalized spacial score (nSPS) is 10.7. The maximum atomic E-state index is 13.5. The number of aromatic hydroxyl groups is 2. The van der Waals surface area contributed by atoms with Gasteiger partial charge in [0.25, 0.3) is 0 Å². The third-order valence-corrected chi connectivity index (χ3v) is 5.93. The van der Waals surface area contributed by atoms with E-state index in [1.54, 1.807) is 66.7 Å². The number of hydrogen-bond donors (Lipinski definition) is 2. The lowest BCUT2D eigenvalue weighted by molar-refractivity contribution is -0.142. The van der Waals surface area contributed by atoms with Gasteiger partial charge < -0.3 is 19.7 Å². The number of ketones is 1. The fraction of sp³-hybridized carbons (Fsp3) is 0.0833. The zero-order valence-corrected chi connectivity index (χ0v) is 17.3. The first kappa shape index (κ1) is 20.4. The Morgan fingerprint density at radius 3 is 2.26 bits per heavy atom. The van der Waals surface area contributed by atoms with Crippen molar-refractivity contribution in [2.45, 2.75) is 0 Å². The summed E-state index contributed by atoms with van der Waals surface area (Å²) >= 11 is 1.40. The molecule has 0 saturated carbocycles. The van der Waals surface area contributed by atoms with Gasteiger partial charge in [-0.25, -0.2) is 4.79 Å². The Kier molecular flexibility index (Phi) is 5.60. The van der Waals surface area contributed by atoms with E-state index in [9.17, 15) is 19.8 Å². The first-order valence-electron chi connectivity index (χ1n) is 9.35. The molecule has 0 fully saturated rings. The molecule has 0 unspecified atom stereocenters. The summed E-state index contributed by atoms with van der Waals surface area (Å²) in [5.74, 6) is 0.0297. The topological polar surface area (TPSA) is 93.1 Å². The standard InChI is InChI=1S/C24H18O6S/c1-29-21(27)13-30-18-9-4-14(5-10-18)23(28)22-19-11-8-17(26)12-20(19)31-24(22)15-2-6-16(25)7-3-15/h2-12,25-26H,13H2,1H3. The van der Waals surface area contributed by atoms with Crippen molar-refractivity contribution in [3.63, 3.8) is 0 Å². The lowest BCUT2D eigenvalue weighted by atomic mass is 9.97. The van der Waals surface area contributed by atoms with Gasteiger partial charge in [-0.2, -0.15) is 0 Å². The van der Waals surface area contributed by atoms with Crippen LogP contribution in [0.15, 0.2) is 66.7 Å². The molecule has 7 heteroatoms. The molecule has 0 bridgehead atoms.